The Hall–Kier alpha value is -4.50. The average molecular weight is 557 g/mol. The van der Waals surface area contributed by atoms with Crippen molar-refractivity contribution in [2.24, 2.45) is 5.92 Å². The summed E-state index contributed by atoms with van der Waals surface area (Å²) < 4.78 is 0.773. The number of carbonyl (C=O) groups excluding carboxylic acids is 2. The maximum absolute atomic E-state index is 13.8. The summed E-state index contributed by atoms with van der Waals surface area (Å²) in [5, 5.41) is 1.26. The summed E-state index contributed by atoms with van der Waals surface area (Å²) in [6.45, 7) is 4.07. The molecular formula is C32H36N4O5. The minimum absolute atomic E-state index is 0.0592. The number of aryl methyl sites for hydroxylation is 1. The molecule has 0 unspecified atom stereocenters. The highest BCUT2D eigenvalue weighted by Gasteiger charge is 2.34. The number of carbonyl (C=O) groups is 2. The van der Waals surface area contributed by atoms with E-state index in [1.165, 1.54) is 0 Å². The van der Waals surface area contributed by atoms with Crippen LogP contribution in [0.5, 0.6) is 0 Å². The minimum atomic E-state index is -1.17. The molecule has 0 aliphatic heterocycles. The zero-order valence-corrected chi connectivity index (χ0v) is 23.4. The largest absolute Gasteiger partial charge is 0.348 e. The van der Waals surface area contributed by atoms with Crippen LogP contribution in [0.2, 0.25) is 0 Å². The van der Waals surface area contributed by atoms with Crippen LogP contribution in [-0.2, 0) is 27.5 Å². The lowest BCUT2D eigenvalue weighted by Crippen LogP contribution is -2.61. The van der Waals surface area contributed by atoms with E-state index in [2.05, 4.69) is 10.5 Å². The number of benzene rings is 3. The number of amides is 2. The minimum Gasteiger partial charge on any atom is -0.305 e. The molecule has 0 spiro atoms. The summed E-state index contributed by atoms with van der Waals surface area (Å²) >= 11 is 0. The lowest BCUT2D eigenvalue weighted by atomic mass is 10.0. The van der Waals surface area contributed by atoms with E-state index >= 15 is 0 Å². The van der Waals surface area contributed by atoms with Gasteiger partial charge in [0.15, 0.2) is 0 Å². The predicted octanol–water partition coefficient (Wildman–Crippen LogP) is 4.23. The number of hydrogen-bond acceptors (Lipinski definition) is 5. The number of H-pyrrole nitrogens is 1. The average Bonchev–Trinajstić information content (AvgIpc) is 2.97. The van der Waals surface area contributed by atoms with Gasteiger partial charge in [0.1, 0.15) is 6.04 Å². The zero-order chi connectivity index (χ0) is 29.2. The van der Waals surface area contributed by atoms with Crippen molar-refractivity contribution in [3.8, 4) is 0 Å². The molecule has 0 radical (unpaired) electrons. The second-order valence-electron chi connectivity index (χ2n) is 10.4. The van der Waals surface area contributed by atoms with Crippen molar-refractivity contribution >= 4 is 22.7 Å². The highest BCUT2D eigenvalue weighted by molar-refractivity contribution is 5.95. The molecule has 2 N–H and O–H groups in total. The van der Waals surface area contributed by atoms with Crippen LogP contribution in [0.1, 0.15) is 50.7 Å². The molecule has 3 aromatic carbocycles. The fourth-order valence-corrected chi connectivity index (χ4v) is 4.64. The zero-order valence-electron chi connectivity index (χ0n) is 23.4. The van der Waals surface area contributed by atoms with Gasteiger partial charge in [-0.3, -0.25) is 19.2 Å². The molecule has 4 aromatic rings. The Bertz CT molecular complexity index is 1560. The van der Waals surface area contributed by atoms with Crippen molar-refractivity contribution in [2.75, 3.05) is 5.01 Å². The van der Waals surface area contributed by atoms with Gasteiger partial charge >= 0.3 is 5.69 Å². The summed E-state index contributed by atoms with van der Waals surface area (Å²) in [6.07, 6.45) is 1.95. The van der Waals surface area contributed by atoms with Crippen LogP contribution in [0.25, 0.3) is 10.9 Å². The number of aromatic amines is 1. The van der Waals surface area contributed by atoms with E-state index in [9.17, 15) is 19.2 Å². The highest BCUT2D eigenvalue weighted by Crippen LogP contribution is 2.15. The summed E-state index contributed by atoms with van der Waals surface area (Å²) in [7, 11) is 0. The molecular weight excluding hydrogens is 520 g/mol. The summed E-state index contributed by atoms with van der Waals surface area (Å²) in [4.78, 5) is 62.6. The van der Waals surface area contributed by atoms with Crippen molar-refractivity contribution in [3.63, 3.8) is 0 Å². The molecule has 9 heteroatoms. The van der Waals surface area contributed by atoms with Crippen molar-refractivity contribution in [1.82, 2.24) is 15.1 Å². The van der Waals surface area contributed by atoms with Gasteiger partial charge in [-0.05, 0) is 54.9 Å². The van der Waals surface area contributed by atoms with Gasteiger partial charge in [0.25, 0.3) is 11.5 Å². The van der Waals surface area contributed by atoms with Gasteiger partial charge in [0.05, 0.1) is 17.5 Å². The molecule has 41 heavy (non-hydrogen) atoms. The topological polar surface area (TPSA) is 114 Å². The molecule has 4 rings (SSSR count). The van der Waals surface area contributed by atoms with E-state index in [-0.39, 0.29) is 30.8 Å². The summed E-state index contributed by atoms with van der Waals surface area (Å²) in [5.74, 6) is -0.914. The Morgan fingerprint density at radius 2 is 1.51 bits per heavy atom. The maximum atomic E-state index is 13.8. The van der Waals surface area contributed by atoms with E-state index in [1.807, 2.05) is 74.5 Å². The van der Waals surface area contributed by atoms with Crippen LogP contribution < -0.4 is 21.7 Å². The third-order valence-electron chi connectivity index (χ3n) is 6.83. The molecule has 0 aliphatic carbocycles. The van der Waals surface area contributed by atoms with E-state index in [4.69, 9.17) is 4.84 Å². The van der Waals surface area contributed by atoms with Gasteiger partial charge in [-0.2, -0.15) is 4.68 Å². The van der Waals surface area contributed by atoms with Gasteiger partial charge in [0, 0.05) is 6.42 Å². The molecule has 0 fully saturated rings. The van der Waals surface area contributed by atoms with Gasteiger partial charge in [-0.1, -0.05) is 86.6 Å². The number of nitrogens with zero attached hydrogens (tertiary/aromatic N) is 2. The third-order valence-corrected chi connectivity index (χ3v) is 6.83. The Morgan fingerprint density at radius 3 is 2.20 bits per heavy atom. The van der Waals surface area contributed by atoms with Gasteiger partial charge in [0.2, 0.25) is 5.91 Å². The first-order chi connectivity index (χ1) is 19.8. The monoisotopic (exact) mass is 556 g/mol. The standard InChI is InChI=1S/C32H36N4O5/c1-23(2)20-21-29(37)35(36-31(39)26-17-9-10-18-27(26)33-32(36)40)28(19-11-16-24-12-5-3-6-13-24)30(38)34-41-22-25-14-7-4-8-15-25/h3-10,12-15,17-18,23,28H,11,16,19-22H2,1-2H3,(H,33,40)(H,34,38)/t28-/m0/s1. The molecule has 0 bridgehead atoms. The van der Waals surface area contributed by atoms with E-state index in [1.54, 1.807) is 24.3 Å². The van der Waals surface area contributed by atoms with Gasteiger partial charge in [-0.15, -0.1) is 0 Å². The second kappa shape index (κ2) is 14.2. The van der Waals surface area contributed by atoms with E-state index < -0.39 is 29.1 Å². The van der Waals surface area contributed by atoms with Gasteiger partial charge in [-0.25, -0.2) is 15.3 Å². The first kappa shape index (κ1) is 29.5. The number of para-hydroxylation sites is 1. The first-order valence-electron chi connectivity index (χ1n) is 13.9. The lowest BCUT2D eigenvalue weighted by Gasteiger charge is -2.31. The van der Waals surface area contributed by atoms with Crippen molar-refractivity contribution in [1.29, 1.82) is 0 Å². The lowest BCUT2D eigenvalue weighted by molar-refractivity contribution is -0.138. The molecule has 0 saturated heterocycles. The molecule has 214 valence electrons. The number of aromatic nitrogens is 2. The Morgan fingerprint density at radius 1 is 0.878 bits per heavy atom. The van der Waals surface area contributed by atoms with Crippen molar-refractivity contribution in [3.05, 3.63) is 117 Å². The Balaban J connectivity index is 1.70. The number of hydroxylamine groups is 1. The maximum Gasteiger partial charge on any atom is 0.348 e. The second-order valence-corrected chi connectivity index (χ2v) is 10.4. The molecule has 0 saturated carbocycles. The fraction of sp³-hybridized carbons (Fsp3) is 0.312. The summed E-state index contributed by atoms with van der Waals surface area (Å²) in [6, 6.07) is 24.5. The van der Waals surface area contributed by atoms with Crippen molar-refractivity contribution in [2.45, 2.75) is 58.6 Å². The molecule has 9 nitrogen and oxygen atoms in total. The predicted molar refractivity (Wildman–Crippen MR) is 159 cm³/mol. The normalized spacial score (nSPS) is 11.9. The number of hydrogen-bond donors (Lipinski definition) is 2. The van der Waals surface area contributed by atoms with Crippen LogP contribution in [0.3, 0.4) is 0 Å². The Labute approximate surface area is 238 Å². The molecule has 1 aromatic heterocycles. The van der Waals surface area contributed by atoms with E-state index in [0.717, 1.165) is 20.8 Å². The molecule has 1 heterocycles. The van der Waals surface area contributed by atoms with E-state index in [0.29, 0.717) is 24.8 Å². The first-order valence-corrected chi connectivity index (χ1v) is 13.9. The van der Waals surface area contributed by atoms with Crippen LogP contribution in [-0.4, -0.2) is 27.5 Å². The Kier molecular flexibility index (Phi) is 10.2. The molecule has 2 amide bonds. The third kappa shape index (κ3) is 7.79. The number of nitrogens with one attached hydrogen (secondary N) is 2. The van der Waals surface area contributed by atoms with Gasteiger partial charge < -0.3 is 4.98 Å². The quantitative estimate of drug-likeness (QED) is 0.239. The number of fused-ring (bicyclic) bond motifs is 1. The summed E-state index contributed by atoms with van der Waals surface area (Å²) in [5.41, 5.74) is 3.27. The van der Waals surface area contributed by atoms with Crippen LogP contribution in [0.15, 0.2) is 94.5 Å². The number of rotatable bonds is 13. The molecule has 1 atom stereocenters. The van der Waals surface area contributed by atoms with Crippen LogP contribution in [0.4, 0.5) is 0 Å². The molecule has 0 aliphatic rings. The highest BCUT2D eigenvalue weighted by atomic mass is 16.7. The van der Waals surface area contributed by atoms with Crippen molar-refractivity contribution < 1.29 is 14.4 Å². The van der Waals surface area contributed by atoms with Crippen LogP contribution in [0, 0.1) is 5.92 Å². The van der Waals surface area contributed by atoms with Crippen LogP contribution >= 0.6 is 0 Å². The SMILES string of the molecule is CC(C)CCC(=O)N([C@@H](CCCc1ccccc1)C(=O)NOCc1ccccc1)n1c(=O)[nH]c2ccccc2c1=O. The fourth-order valence-electron chi connectivity index (χ4n) is 4.64. The smallest absolute Gasteiger partial charge is 0.305 e.